The molecule has 0 bridgehead atoms. The molecular formula is C20H30N4O. The second kappa shape index (κ2) is 8.13. The zero-order chi connectivity index (χ0) is 17.8. The highest BCUT2D eigenvalue weighted by Crippen LogP contribution is 2.19. The number of imidazole rings is 1. The summed E-state index contributed by atoms with van der Waals surface area (Å²) in [6, 6.07) is 8.71. The average Bonchev–Trinajstić information content (AvgIpc) is 2.91. The van der Waals surface area contributed by atoms with Crippen molar-refractivity contribution in [1.29, 1.82) is 0 Å². The van der Waals surface area contributed by atoms with Crippen molar-refractivity contribution in [3.8, 4) is 0 Å². The van der Waals surface area contributed by atoms with E-state index in [0.29, 0.717) is 6.04 Å². The zero-order valence-corrected chi connectivity index (χ0v) is 15.6. The van der Waals surface area contributed by atoms with Gasteiger partial charge in [-0.25, -0.2) is 4.98 Å². The standard InChI is InChI=1S/C20H30N4O/c1-16(2)8-10-24-12-11-23(14-17(24)9-13-25)15-20-21-18-6-4-5-7-19(18)22(20)3/h4-8,17,25H,9-15H2,1-3H3/t17-/m1/s1. The van der Waals surface area contributed by atoms with Crippen LogP contribution in [0.15, 0.2) is 35.9 Å². The van der Waals surface area contributed by atoms with E-state index < -0.39 is 0 Å². The van der Waals surface area contributed by atoms with Crippen molar-refractivity contribution in [1.82, 2.24) is 19.4 Å². The summed E-state index contributed by atoms with van der Waals surface area (Å²) in [4.78, 5) is 9.77. The fraction of sp³-hybridized carbons (Fsp3) is 0.550. The predicted octanol–water partition coefficient (Wildman–Crippen LogP) is 2.41. The van der Waals surface area contributed by atoms with Crippen LogP contribution in [-0.2, 0) is 13.6 Å². The molecular weight excluding hydrogens is 312 g/mol. The third-order valence-electron chi connectivity index (χ3n) is 5.13. The molecule has 1 aliphatic heterocycles. The van der Waals surface area contributed by atoms with E-state index >= 15 is 0 Å². The predicted molar refractivity (Wildman–Crippen MR) is 102 cm³/mol. The largest absolute Gasteiger partial charge is 0.396 e. The highest BCUT2D eigenvalue weighted by molar-refractivity contribution is 5.75. The van der Waals surface area contributed by atoms with Gasteiger partial charge in [-0.05, 0) is 32.4 Å². The Hall–Kier alpha value is -1.69. The maximum atomic E-state index is 9.45. The molecule has 25 heavy (non-hydrogen) atoms. The summed E-state index contributed by atoms with van der Waals surface area (Å²) >= 11 is 0. The Bertz CT molecular complexity index is 732. The van der Waals surface area contributed by atoms with Gasteiger partial charge in [0.05, 0.1) is 17.6 Å². The molecule has 136 valence electrons. The van der Waals surface area contributed by atoms with Gasteiger partial charge in [0.25, 0.3) is 0 Å². The highest BCUT2D eigenvalue weighted by Gasteiger charge is 2.26. The summed E-state index contributed by atoms with van der Waals surface area (Å²) < 4.78 is 2.20. The molecule has 3 rings (SSSR count). The molecule has 0 amide bonds. The van der Waals surface area contributed by atoms with Crippen LogP contribution in [0, 0.1) is 0 Å². The number of piperazine rings is 1. The van der Waals surface area contributed by atoms with Gasteiger partial charge in [0.15, 0.2) is 0 Å². The van der Waals surface area contributed by atoms with E-state index in [1.54, 1.807) is 0 Å². The molecule has 0 saturated carbocycles. The zero-order valence-electron chi connectivity index (χ0n) is 15.6. The van der Waals surface area contributed by atoms with Gasteiger partial charge in [-0.1, -0.05) is 23.8 Å². The molecule has 2 aromatic rings. The number of hydrogen-bond acceptors (Lipinski definition) is 4. The first kappa shape index (κ1) is 18.1. The van der Waals surface area contributed by atoms with Crippen LogP contribution < -0.4 is 0 Å². The summed E-state index contributed by atoms with van der Waals surface area (Å²) in [7, 11) is 2.10. The normalized spacial score (nSPS) is 19.4. The van der Waals surface area contributed by atoms with Crippen molar-refractivity contribution in [2.45, 2.75) is 32.9 Å². The van der Waals surface area contributed by atoms with Crippen LogP contribution in [0.25, 0.3) is 11.0 Å². The van der Waals surface area contributed by atoms with Crippen LogP contribution in [0.3, 0.4) is 0 Å². The number of nitrogens with zero attached hydrogens (tertiary/aromatic N) is 4. The van der Waals surface area contributed by atoms with E-state index in [-0.39, 0.29) is 6.61 Å². The first-order valence-electron chi connectivity index (χ1n) is 9.19. The molecule has 1 fully saturated rings. The van der Waals surface area contributed by atoms with E-state index in [0.717, 1.165) is 50.5 Å². The van der Waals surface area contributed by atoms with Gasteiger partial charge in [-0.2, -0.15) is 0 Å². The minimum atomic E-state index is 0.246. The summed E-state index contributed by atoms with van der Waals surface area (Å²) in [5.74, 6) is 1.11. The van der Waals surface area contributed by atoms with Gasteiger partial charge >= 0.3 is 0 Å². The molecule has 0 unspecified atom stereocenters. The molecule has 1 saturated heterocycles. The minimum Gasteiger partial charge on any atom is -0.396 e. The number of aliphatic hydroxyl groups is 1. The number of aliphatic hydroxyl groups excluding tert-OH is 1. The van der Waals surface area contributed by atoms with Gasteiger partial charge in [0, 0.05) is 45.9 Å². The van der Waals surface area contributed by atoms with Crippen LogP contribution in [0.5, 0.6) is 0 Å². The fourth-order valence-corrected chi connectivity index (χ4v) is 3.60. The lowest BCUT2D eigenvalue weighted by molar-refractivity contribution is 0.0619. The van der Waals surface area contributed by atoms with E-state index in [9.17, 15) is 5.11 Å². The maximum absolute atomic E-state index is 9.45. The molecule has 1 N–H and O–H groups in total. The van der Waals surface area contributed by atoms with E-state index in [4.69, 9.17) is 4.98 Å². The van der Waals surface area contributed by atoms with Crippen LogP contribution in [-0.4, -0.2) is 63.3 Å². The number of fused-ring (bicyclic) bond motifs is 1. The first-order valence-corrected chi connectivity index (χ1v) is 9.19. The number of aromatic nitrogens is 2. The molecule has 1 atom stereocenters. The van der Waals surface area contributed by atoms with Crippen LogP contribution >= 0.6 is 0 Å². The number of rotatable bonds is 6. The van der Waals surface area contributed by atoms with Crippen molar-refractivity contribution in [3.63, 3.8) is 0 Å². The summed E-state index contributed by atoms with van der Waals surface area (Å²) in [5, 5.41) is 9.45. The third-order valence-corrected chi connectivity index (χ3v) is 5.13. The maximum Gasteiger partial charge on any atom is 0.123 e. The van der Waals surface area contributed by atoms with E-state index in [1.807, 2.05) is 6.07 Å². The first-order chi connectivity index (χ1) is 12.1. The monoisotopic (exact) mass is 342 g/mol. The van der Waals surface area contributed by atoms with Crippen LogP contribution in [0.1, 0.15) is 26.1 Å². The second-order valence-corrected chi connectivity index (χ2v) is 7.25. The molecule has 2 heterocycles. The molecule has 5 nitrogen and oxygen atoms in total. The molecule has 0 aliphatic carbocycles. The van der Waals surface area contributed by atoms with Crippen LogP contribution in [0.2, 0.25) is 0 Å². The van der Waals surface area contributed by atoms with E-state index in [2.05, 4.69) is 59.5 Å². The van der Waals surface area contributed by atoms with Gasteiger partial charge in [-0.15, -0.1) is 0 Å². The van der Waals surface area contributed by atoms with Gasteiger partial charge in [0.1, 0.15) is 5.82 Å². The molecule has 1 aliphatic rings. The highest BCUT2D eigenvalue weighted by atomic mass is 16.3. The van der Waals surface area contributed by atoms with Crippen molar-refractivity contribution in [2.24, 2.45) is 7.05 Å². The molecule has 0 spiro atoms. The molecule has 1 aromatic carbocycles. The second-order valence-electron chi connectivity index (χ2n) is 7.25. The minimum absolute atomic E-state index is 0.246. The van der Waals surface area contributed by atoms with Crippen molar-refractivity contribution in [3.05, 3.63) is 41.7 Å². The van der Waals surface area contributed by atoms with Crippen molar-refractivity contribution >= 4 is 11.0 Å². The average molecular weight is 342 g/mol. The Balaban J connectivity index is 1.69. The van der Waals surface area contributed by atoms with Crippen molar-refractivity contribution < 1.29 is 5.11 Å². The van der Waals surface area contributed by atoms with Gasteiger partial charge < -0.3 is 9.67 Å². The van der Waals surface area contributed by atoms with Crippen LogP contribution in [0.4, 0.5) is 0 Å². The number of para-hydroxylation sites is 2. The SMILES string of the molecule is CC(C)=CCN1CCN(Cc2nc3ccccc3n2C)C[C@H]1CCO. The Morgan fingerprint density at radius 3 is 2.80 bits per heavy atom. The number of benzene rings is 1. The number of hydrogen-bond donors (Lipinski definition) is 1. The topological polar surface area (TPSA) is 44.5 Å². The molecule has 1 aromatic heterocycles. The smallest absolute Gasteiger partial charge is 0.123 e. The summed E-state index contributed by atoms with van der Waals surface area (Å²) in [6.45, 7) is 9.44. The van der Waals surface area contributed by atoms with E-state index in [1.165, 1.54) is 11.1 Å². The third kappa shape index (κ3) is 4.29. The Kier molecular flexibility index (Phi) is 5.89. The lowest BCUT2D eigenvalue weighted by Gasteiger charge is -2.41. The Morgan fingerprint density at radius 1 is 1.28 bits per heavy atom. The number of aryl methyl sites for hydroxylation is 1. The lowest BCUT2D eigenvalue weighted by atomic mass is 10.1. The molecule has 5 heteroatoms. The van der Waals surface area contributed by atoms with Gasteiger partial charge in [-0.3, -0.25) is 9.80 Å². The number of allylic oxidation sites excluding steroid dienone is 1. The Labute approximate surface area is 150 Å². The fourth-order valence-electron chi connectivity index (χ4n) is 3.60. The van der Waals surface area contributed by atoms with Crippen molar-refractivity contribution in [2.75, 3.05) is 32.8 Å². The van der Waals surface area contributed by atoms with Gasteiger partial charge in [0.2, 0.25) is 0 Å². The summed E-state index contributed by atoms with van der Waals surface area (Å²) in [6.07, 6.45) is 3.11. The molecule has 0 radical (unpaired) electrons. The summed E-state index contributed by atoms with van der Waals surface area (Å²) in [5.41, 5.74) is 3.60. The Morgan fingerprint density at radius 2 is 2.08 bits per heavy atom. The quantitative estimate of drug-likeness (QED) is 0.819. The lowest BCUT2D eigenvalue weighted by Crippen LogP contribution is -2.53.